The number of Topliss-reactive ketones (excluding diaryl/α,β-unsaturated/α-hetero) is 1. The quantitative estimate of drug-likeness (QED) is 0.451. The van der Waals surface area contributed by atoms with Gasteiger partial charge in [-0.15, -0.1) is 0 Å². The molecular formula is C22H22ClNO5S. The molecule has 1 fully saturated rings. The minimum atomic E-state index is -4.18. The molecule has 0 unspecified atom stereocenters. The van der Waals surface area contributed by atoms with E-state index in [9.17, 15) is 18.0 Å². The van der Waals surface area contributed by atoms with Gasteiger partial charge in [0.2, 0.25) is 0 Å². The fraction of sp³-hybridized carbons (Fsp3) is 0.273. The van der Waals surface area contributed by atoms with Gasteiger partial charge in [0, 0.05) is 23.4 Å². The molecule has 3 rings (SSSR count). The number of ketones is 1. The molecule has 0 spiro atoms. The Hall–Kier alpha value is -2.64. The van der Waals surface area contributed by atoms with E-state index in [2.05, 4.69) is 0 Å². The summed E-state index contributed by atoms with van der Waals surface area (Å²) in [5.41, 5.74) is 1.27. The first-order valence-electron chi connectivity index (χ1n) is 9.45. The lowest BCUT2D eigenvalue weighted by Gasteiger charge is -2.23. The third kappa shape index (κ3) is 4.57. The average Bonchev–Trinajstić information content (AvgIpc) is 3.02. The Kier molecular flexibility index (Phi) is 6.63. The Balaban J connectivity index is 1.96. The molecule has 1 aliphatic rings. The zero-order valence-electron chi connectivity index (χ0n) is 16.6. The number of aryl methyl sites for hydroxylation is 1. The number of cyclic esters (lactones) is 1. The second-order valence-electron chi connectivity index (χ2n) is 7.04. The second kappa shape index (κ2) is 9.02. The van der Waals surface area contributed by atoms with Crippen molar-refractivity contribution in [1.29, 1.82) is 0 Å². The fourth-order valence-electron chi connectivity index (χ4n) is 3.28. The highest BCUT2D eigenvalue weighted by Crippen LogP contribution is 2.32. The van der Waals surface area contributed by atoms with Crippen molar-refractivity contribution in [3.8, 4) is 0 Å². The summed E-state index contributed by atoms with van der Waals surface area (Å²) in [4.78, 5) is 25.4. The van der Waals surface area contributed by atoms with Gasteiger partial charge in [-0.1, -0.05) is 41.4 Å². The van der Waals surface area contributed by atoms with E-state index < -0.39 is 28.3 Å². The number of carbonyl (C=O) groups excluding carboxylic acids is 2. The van der Waals surface area contributed by atoms with Crippen LogP contribution >= 0.6 is 11.6 Å². The van der Waals surface area contributed by atoms with Gasteiger partial charge in [0.25, 0.3) is 10.0 Å². The van der Waals surface area contributed by atoms with E-state index in [4.69, 9.17) is 16.3 Å². The number of benzene rings is 2. The largest absolute Gasteiger partial charge is 0.443 e. The molecule has 2 aromatic rings. The van der Waals surface area contributed by atoms with Gasteiger partial charge in [-0.05, 0) is 50.2 Å². The van der Waals surface area contributed by atoms with Crippen molar-refractivity contribution < 1.29 is 22.7 Å². The number of ether oxygens (including phenoxy) is 1. The first kappa shape index (κ1) is 22.1. The van der Waals surface area contributed by atoms with Crippen molar-refractivity contribution in [1.82, 2.24) is 4.31 Å². The fourth-order valence-corrected chi connectivity index (χ4v) is 4.92. The van der Waals surface area contributed by atoms with E-state index >= 15 is 0 Å². The molecule has 1 aliphatic heterocycles. The number of allylic oxidation sites excluding steroid dienone is 1. The number of hydrogen-bond acceptors (Lipinski definition) is 5. The maximum absolute atomic E-state index is 13.2. The van der Waals surface area contributed by atoms with Crippen LogP contribution in [0.15, 0.2) is 65.6 Å². The lowest BCUT2D eigenvalue weighted by atomic mass is 9.99. The molecule has 6 nitrogen and oxygen atoms in total. The normalized spacial score (nSPS) is 19.3. The molecule has 2 atom stereocenters. The van der Waals surface area contributed by atoms with Gasteiger partial charge in [0.1, 0.15) is 6.10 Å². The van der Waals surface area contributed by atoms with Gasteiger partial charge >= 0.3 is 6.09 Å². The smallest absolute Gasteiger partial charge is 0.424 e. The van der Waals surface area contributed by atoms with E-state index in [0.29, 0.717) is 21.3 Å². The van der Waals surface area contributed by atoms with Crippen LogP contribution in [-0.2, 0) is 14.8 Å². The zero-order chi connectivity index (χ0) is 21.9. The van der Waals surface area contributed by atoms with Gasteiger partial charge in [-0.2, -0.15) is 4.31 Å². The van der Waals surface area contributed by atoms with E-state index in [1.165, 1.54) is 12.1 Å². The summed E-state index contributed by atoms with van der Waals surface area (Å²) in [6.45, 7) is 3.65. The summed E-state index contributed by atoms with van der Waals surface area (Å²) in [6, 6.07) is 11.5. The topological polar surface area (TPSA) is 80.8 Å². The molecule has 0 saturated carbocycles. The van der Waals surface area contributed by atoms with Gasteiger partial charge < -0.3 is 4.74 Å². The Labute approximate surface area is 181 Å². The minimum Gasteiger partial charge on any atom is -0.443 e. The zero-order valence-corrected chi connectivity index (χ0v) is 18.2. The Morgan fingerprint density at radius 3 is 2.37 bits per heavy atom. The average molecular weight is 448 g/mol. The lowest BCUT2D eigenvalue weighted by molar-refractivity contribution is 0.0931. The van der Waals surface area contributed by atoms with Crippen molar-refractivity contribution in [2.75, 3.05) is 0 Å². The van der Waals surface area contributed by atoms with Crippen molar-refractivity contribution in [2.24, 2.45) is 0 Å². The number of carbonyl (C=O) groups is 2. The van der Waals surface area contributed by atoms with Gasteiger partial charge in [0.05, 0.1) is 10.9 Å². The van der Waals surface area contributed by atoms with Crippen LogP contribution in [0.1, 0.15) is 35.7 Å². The first-order valence-corrected chi connectivity index (χ1v) is 11.3. The predicted octanol–water partition coefficient (Wildman–Crippen LogP) is 4.77. The van der Waals surface area contributed by atoms with E-state index in [-0.39, 0.29) is 17.1 Å². The van der Waals surface area contributed by atoms with Gasteiger partial charge in [0.15, 0.2) is 5.78 Å². The highest BCUT2D eigenvalue weighted by atomic mass is 35.5. The van der Waals surface area contributed by atoms with E-state index in [1.807, 2.05) is 13.8 Å². The summed E-state index contributed by atoms with van der Waals surface area (Å²) in [7, 11) is -4.18. The van der Waals surface area contributed by atoms with Crippen molar-refractivity contribution in [2.45, 2.75) is 43.7 Å². The molecule has 0 aromatic heterocycles. The molecular weight excluding hydrogens is 426 g/mol. The predicted molar refractivity (Wildman–Crippen MR) is 114 cm³/mol. The molecule has 30 heavy (non-hydrogen) atoms. The molecule has 1 amide bonds. The molecule has 1 heterocycles. The standard InChI is InChI=1S/C22H22ClNO5S/c1-3-4-5-21-19(14-20(25)16-8-10-17(23)11-9-16)24(22(26)29-21)30(27,28)18-12-6-15(2)7-13-18/h3-4,6-13,19,21H,5,14H2,1-2H3/b4-3-/t19-,21-/m0/s1. The van der Waals surface area contributed by atoms with Crippen LogP contribution in [-0.4, -0.2) is 36.7 Å². The molecule has 0 N–H and O–H groups in total. The number of rotatable bonds is 7. The summed E-state index contributed by atoms with van der Waals surface area (Å²) >= 11 is 5.88. The monoisotopic (exact) mass is 447 g/mol. The number of halogens is 1. The molecule has 0 aliphatic carbocycles. The summed E-state index contributed by atoms with van der Waals surface area (Å²) in [5.74, 6) is -0.301. The van der Waals surface area contributed by atoms with Crippen LogP contribution in [0.3, 0.4) is 0 Å². The Bertz CT molecular complexity index is 1060. The highest BCUT2D eigenvalue weighted by molar-refractivity contribution is 7.89. The van der Waals surface area contributed by atoms with Crippen LogP contribution in [0.25, 0.3) is 0 Å². The molecule has 0 bridgehead atoms. The summed E-state index contributed by atoms with van der Waals surface area (Å²) < 4.78 is 32.5. The number of sulfonamides is 1. The maximum atomic E-state index is 13.2. The number of hydrogen-bond donors (Lipinski definition) is 0. The summed E-state index contributed by atoms with van der Waals surface area (Å²) in [5, 5.41) is 0.487. The van der Waals surface area contributed by atoms with Crippen LogP contribution in [0, 0.1) is 6.92 Å². The molecule has 8 heteroatoms. The van der Waals surface area contributed by atoms with Crippen LogP contribution in [0.2, 0.25) is 5.02 Å². The molecule has 0 radical (unpaired) electrons. The number of amides is 1. The maximum Gasteiger partial charge on any atom is 0.424 e. The Morgan fingerprint density at radius 2 is 1.77 bits per heavy atom. The van der Waals surface area contributed by atoms with Crippen LogP contribution in [0.4, 0.5) is 4.79 Å². The van der Waals surface area contributed by atoms with Gasteiger partial charge in [-0.3, -0.25) is 4.79 Å². The third-order valence-corrected chi connectivity index (χ3v) is 6.96. The van der Waals surface area contributed by atoms with E-state index in [1.54, 1.807) is 48.6 Å². The first-order chi connectivity index (χ1) is 14.2. The molecule has 2 aromatic carbocycles. The lowest BCUT2D eigenvalue weighted by Crippen LogP contribution is -2.42. The van der Waals surface area contributed by atoms with Crippen LogP contribution in [0.5, 0.6) is 0 Å². The van der Waals surface area contributed by atoms with Crippen molar-refractivity contribution in [3.63, 3.8) is 0 Å². The van der Waals surface area contributed by atoms with Gasteiger partial charge in [-0.25, -0.2) is 13.2 Å². The molecule has 1 saturated heterocycles. The highest BCUT2D eigenvalue weighted by Gasteiger charge is 2.49. The number of nitrogens with zero attached hydrogens (tertiary/aromatic N) is 1. The Morgan fingerprint density at radius 1 is 1.13 bits per heavy atom. The molecule has 158 valence electrons. The van der Waals surface area contributed by atoms with Crippen molar-refractivity contribution in [3.05, 3.63) is 76.8 Å². The SMILES string of the molecule is C/C=C\C[C@@H]1OC(=O)N(S(=O)(=O)c2ccc(C)cc2)[C@H]1CC(=O)c1ccc(Cl)cc1. The second-order valence-corrected chi connectivity index (χ2v) is 9.29. The summed E-state index contributed by atoms with van der Waals surface area (Å²) in [6.07, 6.45) is 1.94. The minimum absolute atomic E-state index is 0.0272. The van der Waals surface area contributed by atoms with Crippen molar-refractivity contribution >= 4 is 33.5 Å². The third-order valence-electron chi connectivity index (χ3n) is 4.91. The van der Waals surface area contributed by atoms with Crippen LogP contribution < -0.4 is 0 Å². The van der Waals surface area contributed by atoms with E-state index in [0.717, 1.165) is 5.56 Å².